The van der Waals surface area contributed by atoms with Crippen LogP contribution in [0, 0.1) is 0 Å². The molecule has 3 aromatic rings. The van der Waals surface area contributed by atoms with Crippen molar-refractivity contribution in [1.82, 2.24) is 25.8 Å². The van der Waals surface area contributed by atoms with Gasteiger partial charge < -0.3 is 19.6 Å². The molecule has 0 spiro atoms. The molecule has 0 radical (unpaired) electrons. The Labute approximate surface area is 174 Å². The van der Waals surface area contributed by atoms with Crippen LogP contribution in [0.1, 0.15) is 38.3 Å². The van der Waals surface area contributed by atoms with Gasteiger partial charge in [0.1, 0.15) is 5.76 Å². The maximum absolute atomic E-state index is 6.01. The molecule has 0 aliphatic rings. The van der Waals surface area contributed by atoms with Gasteiger partial charge in [-0.25, -0.2) is 4.98 Å². The topological polar surface area (TPSA) is 101 Å². The highest BCUT2D eigenvalue weighted by molar-refractivity contribution is 6.30. The summed E-state index contributed by atoms with van der Waals surface area (Å²) in [6, 6.07) is 7.34. The molecule has 0 saturated heterocycles. The highest BCUT2D eigenvalue weighted by Gasteiger charge is 2.19. The van der Waals surface area contributed by atoms with Crippen molar-refractivity contribution < 1.29 is 8.94 Å². The normalized spacial score (nSPS) is 12.2. The fraction of sp³-hybridized carbons (Fsp3) is 0.400. The number of nitrogens with one attached hydrogen (secondary N) is 2. The van der Waals surface area contributed by atoms with Crippen molar-refractivity contribution in [2.24, 2.45) is 4.99 Å². The van der Waals surface area contributed by atoms with E-state index in [-0.39, 0.29) is 5.41 Å². The molecule has 0 aliphatic carbocycles. The number of hydrogen-bond acceptors (Lipinski definition) is 6. The Morgan fingerprint density at radius 3 is 2.72 bits per heavy atom. The van der Waals surface area contributed by atoms with Crippen LogP contribution in [-0.2, 0) is 18.4 Å². The molecule has 0 atom stereocenters. The van der Waals surface area contributed by atoms with E-state index in [0.29, 0.717) is 48.1 Å². The van der Waals surface area contributed by atoms with Crippen molar-refractivity contribution in [2.45, 2.75) is 39.2 Å². The molecule has 0 unspecified atom stereocenters. The SMILES string of the molecule is CN=C(NCCc1nc(-c2cccc(Cl)c2)no1)NCc1ncc(C(C)(C)C)o1. The van der Waals surface area contributed by atoms with E-state index in [1.54, 1.807) is 25.4 Å². The minimum atomic E-state index is -0.0702. The maximum Gasteiger partial charge on any atom is 0.228 e. The summed E-state index contributed by atoms with van der Waals surface area (Å²) in [6.45, 7) is 7.27. The van der Waals surface area contributed by atoms with Gasteiger partial charge in [0.05, 0.1) is 12.7 Å². The molecule has 8 nitrogen and oxygen atoms in total. The number of rotatable bonds is 6. The molecule has 29 heavy (non-hydrogen) atoms. The number of guanidine groups is 1. The van der Waals surface area contributed by atoms with Crippen LogP contribution >= 0.6 is 11.6 Å². The molecule has 0 fully saturated rings. The lowest BCUT2D eigenvalue weighted by atomic mass is 9.94. The average molecular weight is 417 g/mol. The Bertz CT molecular complexity index is 973. The quantitative estimate of drug-likeness (QED) is 0.467. The highest BCUT2D eigenvalue weighted by Crippen LogP contribution is 2.22. The van der Waals surface area contributed by atoms with E-state index in [0.717, 1.165) is 11.3 Å². The van der Waals surface area contributed by atoms with E-state index in [4.69, 9.17) is 20.5 Å². The zero-order valence-corrected chi connectivity index (χ0v) is 17.7. The fourth-order valence-corrected chi connectivity index (χ4v) is 2.70. The predicted molar refractivity (Wildman–Crippen MR) is 112 cm³/mol. The smallest absolute Gasteiger partial charge is 0.228 e. The van der Waals surface area contributed by atoms with E-state index in [1.165, 1.54) is 0 Å². The molecule has 3 rings (SSSR count). The van der Waals surface area contributed by atoms with Gasteiger partial charge in [-0.2, -0.15) is 4.98 Å². The number of nitrogens with zero attached hydrogens (tertiary/aromatic N) is 4. The number of hydrogen-bond donors (Lipinski definition) is 2. The van der Waals surface area contributed by atoms with E-state index >= 15 is 0 Å². The molecule has 9 heteroatoms. The number of benzene rings is 1. The lowest BCUT2D eigenvalue weighted by Crippen LogP contribution is -2.37. The minimum Gasteiger partial charge on any atom is -0.443 e. The van der Waals surface area contributed by atoms with Gasteiger partial charge >= 0.3 is 0 Å². The van der Waals surface area contributed by atoms with Crippen LogP contribution in [0.5, 0.6) is 0 Å². The van der Waals surface area contributed by atoms with Crippen molar-refractivity contribution in [2.75, 3.05) is 13.6 Å². The molecule has 2 N–H and O–H groups in total. The summed E-state index contributed by atoms with van der Waals surface area (Å²) in [6.07, 6.45) is 2.32. The second-order valence-corrected chi connectivity index (χ2v) is 7.93. The fourth-order valence-electron chi connectivity index (χ4n) is 2.51. The molecule has 0 saturated carbocycles. The van der Waals surface area contributed by atoms with Gasteiger partial charge in [-0.15, -0.1) is 0 Å². The third kappa shape index (κ3) is 5.80. The number of aliphatic imine (C=N–C) groups is 1. The summed E-state index contributed by atoms with van der Waals surface area (Å²) >= 11 is 6.01. The van der Waals surface area contributed by atoms with Crippen molar-refractivity contribution in [1.29, 1.82) is 0 Å². The van der Waals surface area contributed by atoms with Gasteiger partial charge in [-0.05, 0) is 12.1 Å². The largest absolute Gasteiger partial charge is 0.443 e. The van der Waals surface area contributed by atoms with Crippen LogP contribution in [0.25, 0.3) is 11.4 Å². The molecular formula is C20H25ClN6O2. The second-order valence-electron chi connectivity index (χ2n) is 7.49. The minimum absolute atomic E-state index is 0.0702. The summed E-state index contributed by atoms with van der Waals surface area (Å²) in [4.78, 5) is 12.9. The Kier molecular flexibility index (Phi) is 6.53. The predicted octanol–water partition coefficient (Wildman–Crippen LogP) is 3.58. The zero-order chi connectivity index (χ0) is 20.9. The summed E-state index contributed by atoms with van der Waals surface area (Å²) < 4.78 is 11.1. The van der Waals surface area contributed by atoms with Crippen molar-refractivity contribution in [3.63, 3.8) is 0 Å². The summed E-state index contributed by atoms with van der Waals surface area (Å²) in [7, 11) is 1.70. The lowest BCUT2D eigenvalue weighted by Gasteiger charge is -2.13. The van der Waals surface area contributed by atoms with E-state index < -0.39 is 0 Å². The van der Waals surface area contributed by atoms with Gasteiger partial charge in [0.2, 0.25) is 17.6 Å². The average Bonchev–Trinajstić information content (AvgIpc) is 3.34. The molecule has 0 aliphatic heterocycles. The third-order valence-electron chi connectivity index (χ3n) is 4.11. The van der Waals surface area contributed by atoms with E-state index in [9.17, 15) is 0 Å². The van der Waals surface area contributed by atoms with Gasteiger partial charge in [0.25, 0.3) is 0 Å². The summed E-state index contributed by atoms with van der Waals surface area (Å²) in [5.41, 5.74) is 0.748. The molecule has 0 amide bonds. The first-order valence-corrected chi connectivity index (χ1v) is 9.71. The van der Waals surface area contributed by atoms with Crippen molar-refractivity contribution >= 4 is 17.6 Å². The van der Waals surface area contributed by atoms with Crippen molar-refractivity contribution in [3.05, 3.63) is 53.0 Å². The summed E-state index contributed by atoms with van der Waals surface area (Å²) in [5, 5.41) is 11.0. The molecule has 154 valence electrons. The van der Waals surface area contributed by atoms with Crippen LogP contribution in [0.2, 0.25) is 5.02 Å². The van der Waals surface area contributed by atoms with Gasteiger partial charge in [-0.1, -0.05) is 49.7 Å². The van der Waals surface area contributed by atoms with Crippen LogP contribution < -0.4 is 10.6 Å². The van der Waals surface area contributed by atoms with Crippen LogP contribution in [-0.4, -0.2) is 34.7 Å². The maximum atomic E-state index is 6.01. The van der Waals surface area contributed by atoms with Gasteiger partial charge in [-0.3, -0.25) is 4.99 Å². The van der Waals surface area contributed by atoms with E-state index in [1.807, 2.05) is 12.1 Å². The number of aromatic nitrogens is 3. The Balaban J connectivity index is 1.47. The van der Waals surface area contributed by atoms with E-state index in [2.05, 4.69) is 51.5 Å². The molecule has 1 aromatic carbocycles. The highest BCUT2D eigenvalue weighted by atomic mass is 35.5. The first kappa shape index (κ1) is 20.9. The van der Waals surface area contributed by atoms with Crippen molar-refractivity contribution in [3.8, 4) is 11.4 Å². The second kappa shape index (κ2) is 9.09. The van der Waals surface area contributed by atoms with Gasteiger partial charge in [0.15, 0.2) is 5.96 Å². The van der Waals surface area contributed by atoms with Gasteiger partial charge in [0, 0.05) is 36.0 Å². The van der Waals surface area contributed by atoms with Crippen LogP contribution in [0.15, 0.2) is 44.4 Å². The molecule has 0 bridgehead atoms. The monoisotopic (exact) mass is 416 g/mol. The van der Waals surface area contributed by atoms with Crippen LogP contribution in [0.3, 0.4) is 0 Å². The Morgan fingerprint density at radius 2 is 2.03 bits per heavy atom. The zero-order valence-electron chi connectivity index (χ0n) is 17.0. The summed E-state index contributed by atoms with van der Waals surface area (Å²) in [5.74, 6) is 3.15. The molecule has 2 heterocycles. The number of oxazole rings is 1. The molecule has 2 aromatic heterocycles. The molecular weight excluding hydrogens is 392 g/mol. The first-order valence-electron chi connectivity index (χ1n) is 9.33. The lowest BCUT2D eigenvalue weighted by molar-refractivity contribution is 0.377. The standard InChI is InChI=1S/C20H25ClN6O2/c1-20(2,3)15-11-24-17(28-15)12-25-19(22-4)23-9-8-16-26-18(27-29-16)13-6-5-7-14(21)10-13/h5-7,10-11H,8-9,12H2,1-4H3,(H2,22,23,25). The number of halogens is 1. The Hall–Kier alpha value is -2.87. The first-order chi connectivity index (χ1) is 13.8. The van der Waals surface area contributed by atoms with Crippen LogP contribution in [0.4, 0.5) is 0 Å². The Morgan fingerprint density at radius 1 is 1.21 bits per heavy atom. The third-order valence-corrected chi connectivity index (χ3v) is 4.34.